The molecule has 0 radical (unpaired) electrons. The monoisotopic (exact) mass is 589 g/mol. The number of carbonyl (C=O) groups is 1. The summed E-state index contributed by atoms with van der Waals surface area (Å²) in [5.41, 5.74) is 4.43. The smallest absolute Gasteiger partial charge is 0.410 e. The maximum absolute atomic E-state index is 13.2. The van der Waals surface area contributed by atoms with E-state index in [9.17, 15) is 9.90 Å². The number of carbonyl (C=O) groups excluding carboxylic acids is 1. The van der Waals surface area contributed by atoms with E-state index in [1.807, 2.05) is 37.8 Å². The van der Waals surface area contributed by atoms with E-state index in [0.29, 0.717) is 24.4 Å². The molecule has 1 N–H and O–H groups in total. The van der Waals surface area contributed by atoms with Crippen LogP contribution in [0.5, 0.6) is 11.8 Å². The number of aryl methyl sites for hydroxylation is 1. The Kier molecular flexibility index (Phi) is 7.22. The number of amides is 1. The lowest BCUT2D eigenvalue weighted by Crippen LogP contribution is -2.57. The first-order chi connectivity index (χ1) is 20.6. The number of rotatable bonds is 4. The van der Waals surface area contributed by atoms with Crippen molar-refractivity contribution in [2.75, 3.05) is 38.2 Å². The standard InChI is InChI=1S/C34H47N5O4/c1-33(2,3)43-32(41)39-23-10-11-24(39)20-38(19-23)30-27-13-15-34(14-5-7-22-9-12-26(40)17-28(22)34)18-29(27)35-31(36-30)42-21-25-8-6-16-37(25)4/h9,12,17,23-25,40H,5-8,10-11,13-16,18-21H2,1-4H3/t23-,24+,25-,34?/m0/s1. The minimum Gasteiger partial charge on any atom is -0.508 e. The summed E-state index contributed by atoms with van der Waals surface area (Å²) in [7, 11) is 2.17. The molecule has 0 saturated carbocycles. The molecule has 3 saturated heterocycles. The molecule has 1 spiro atoms. The second kappa shape index (κ2) is 10.8. The molecular formula is C34H47N5O4. The first-order valence-electron chi connectivity index (χ1n) is 16.4. The molecule has 4 heterocycles. The van der Waals surface area contributed by atoms with Crippen molar-refractivity contribution in [3.05, 3.63) is 40.6 Å². The topological polar surface area (TPSA) is 91.3 Å². The highest BCUT2D eigenvalue weighted by Gasteiger charge is 2.47. The molecule has 2 bridgehead atoms. The van der Waals surface area contributed by atoms with Gasteiger partial charge in [-0.2, -0.15) is 9.97 Å². The van der Waals surface area contributed by atoms with Gasteiger partial charge in [0.2, 0.25) is 0 Å². The summed E-state index contributed by atoms with van der Waals surface area (Å²) in [4.78, 5) is 30.1. The van der Waals surface area contributed by atoms with Gasteiger partial charge in [-0.25, -0.2) is 4.79 Å². The highest BCUT2D eigenvalue weighted by atomic mass is 16.6. The van der Waals surface area contributed by atoms with Crippen LogP contribution in [0.4, 0.5) is 10.6 Å². The molecule has 1 amide bonds. The minimum atomic E-state index is -0.510. The van der Waals surface area contributed by atoms with Crippen molar-refractivity contribution in [1.29, 1.82) is 0 Å². The van der Waals surface area contributed by atoms with Crippen molar-refractivity contribution in [3.63, 3.8) is 0 Å². The molecule has 4 atom stereocenters. The van der Waals surface area contributed by atoms with Crippen molar-refractivity contribution in [1.82, 2.24) is 19.8 Å². The first kappa shape index (κ1) is 28.7. The third-order valence-electron chi connectivity index (χ3n) is 10.6. The zero-order chi connectivity index (χ0) is 29.9. The normalized spacial score (nSPS) is 28.6. The van der Waals surface area contributed by atoms with Crippen molar-refractivity contribution in [3.8, 4) is 11.8 Å². The third kappa shape index (κ3) is 5.42. The Balaban J connectivity index is 1.20. The average molecular weight is 590 g/mol. The molecule has 1 unspecified atom stereocenters. The lowest BCUT2D eigenvalue weighted by molar-refractivity contribution is 0.0122. The van der Waals surface area contributed by atoms with Crippen LogP contribution >= 0.6 is 0 Å². The van der Waals surface area contributed by atoms with Crippen LogP contribution in [0.25, 0.3) is 0 Å². The van der Waals surface area contributed by atoms with Crippen LogP contribution in [0.2, 0.25) is 0 Å². The fraction of sp³-hybridized carbons (Fsp3) is 0.676. The molecule has 43 heavy (non-hydrogen) atoms. The number of likely N-dealkylation sites (tertiary alicyclic amines) is 1. The van der Waals surface area contributed by atoms with Gasteiger partial charge in [-0.1, -0.05) is 6.07 Å². The van der Waals surface area contributed by atoms with Gasteiger partial charge in [-0.3, -0.25) is 4.90 Å². The second-order valence-corrected chi connectivity index (χ2v) is 14.7. The van der Waals surface area contributed by atoms with Gasteiger partial charge in [-0.05, 0) is 122 Å². The molecule has 9 heteroatoms. The van der Waals surface area contributed by atoms with Gasteiger partial charge in [0.15, 0.2) is 0 Å². The van der Waals surface area contributed by atoms with Crippen LogP contribution in [0.1, 0.15) is 88.1 Å². The number of piperazine rings is 1. The molecular weight excluding hydrogens is 542 g/mol. The Morgan fingerprint density at radius 3 is 2.58 bits per heavy atom. The van der Waals surface area contributed by atoms with Crippen LogP contribution in [-0.2, 0) is 29.4 Å². The highest BCUT2D eigenvalue weighted by Crippen LogP contribution is 2.49. The fourth-order valence-corrected chi connectivity index (χ4v) is 8.52. The van der Waals surface area contributed by atoms with Crippen LogP contribution in [-0.4, -0.2) is 88.0 Å². The summed E-state index contributed by atoms with van der Waals surface area (Å²) < 4.78 is 12.2. The number of hydrogen-bond acceptors (Lipinski definition) is 8. The van der Waals surface area contributed by atoms with E-state index in [0.717, 1.165) is 88.9 Å². The summed E-state index contributed by atoms with van der Waals surface area (Å²) in [5, 5.41) is 10.4. The third-order valence-corrected chi connectivity index (χ3v) is 10.6. The molecule has 2 aliphatic carbocycles. The van der Waals surface area contributed by atoms with Crippen molar-refractivity contribution in [2.24, 2.45) is 0 Å². The zero-order valence-corrected chi connectivity index (χ0v) is 26.3. The SMILES string of the molecule is CN1CCC[C@H]1COc1nc2c(c(N3C[C@H]4CC[C@@H](C3)N4C(=O)OC(C)(C)C)n1)CCC1(CCCc3ccc(O)cc31)C2. The second-order valence-electron chi connectivity index (χ2n) is 14.7. The molecule has 3 fully saturated rings. The number of benzene rings is 1. The number of fused-ring (bicyclic) bond motifs is 5. The summed E-state index contributed by atoms with van der Waals surface area (Å²) in [5.74, 6) is 1.33. The predicted octanol–water partition coefficient (Wildman–Crippen LogP) is 5.01. The number of hydrogen-bond donors (Lipinski definition) is 1. The van der Waals surface area contributed by atoms with E-state index >= 15 is 0 Å². The van der Waals surface area contributed by atoms with E-state index in [1.54, 1.807) is 0 Å². The van der Waals surface area contributed by atoms with Gasteiger partial charge in [-0.15, -0.1) is 0 Å². The molecule has 9 nitrogen and oxygen atoms in total. The Labute approximate surface area is 255 Å². The zero-order valence-electron chi connectivity index (χ0n) is 26.3. The lowest BCUT2D eigenvalue weighted by atomic mass is 9.62. The van der Waals surface area contributed by atoms with Crippen molar-refractivity contribution < 1.29 is 19.4 Å². The summed E-state index contributed by atoms with van der Waals surface area (Å²) in [6.45, 7) is 8.97. The largest absolute Gasteiger partial charge is 0.508 e. The number of ether oxygens (including phenoxy) is 2. The Morgan fingerprint density at radius 2 is 1.86 bits per heavy atom. The number of aromatic hydroxyl groups is 1. The molecule has 2 aromatic rings. The summed E-state index contributed by atoms with van der Waals surface area (Å²) in [6, 6.07) is 7.02. The molecule has 1 aromatic carbocycles. The number of likely N-dealkylation sites (N-methyl/N-ethyl adjacent to an activating group) is 1. The molecule has 5 aliphatic rings. The van der Waals surface area contributed by atoms with Crippen LogP contribution < -0.4 is 9.64 Å². The number of phenolic OH excluding ortho intramolecular Hbond substituents is 1. The van der Waals surface area contributed by atoms with Crippen LogP contribution in [0, 0.1) is 0 Å². The van der Waals surface area contributed by atoms with E-state index < -0.39 is 5.60 Å². The molecule has 1 aromatic heterocycles. The maximum atomic E-state index is 13.2. The number of aromatic nitrogens is 2. The van der Waals surface area contributed by atoms with Gasteiger partial charge < -0.3 is 24.4 Å². The van der Waals surface area contributed by atoms with Gasteiger partial charge in [0.25, 0.3) is 0 Å². The van der Waals surface area contributed by atoms with E-state index in [1.165, 1.54) is 23.1 Å². The quantitative estimate of drug-likeness (QED) is 0.533. The van der Waals surface area contributed by atoms with Gasteiger partial charge in [0, 0.05) is 30.1 Å². The molecule has 3 aliphatic heterocycles. The van der Waals surface area contributed by atoms with E-state index in [4.69, 9.17) is 19.4 Å². The summed E-state index contributed by atoms with van der Waals surface area (Å²) >= 11 is 0. The van der Waals surface area contributed by atoms with Crippen LogP contribution in [0.15, 0.2) is 18.2 Å². The summed E-state index contributed by atoms with van der Waals surface area (Å²) in [6.07, 6.45) is 10.2. The maximum Gasteiger partial charge on any atom is 0.410 e. The van der Waals surface area contributed by atoms with E-state index in [-0.39, 0.29) is 23.6 Å². The number of anilines is 1. The van der Waals surface area contributed by atoms with Gasteiger partial charge in [0.1, 0.15) is 23.8 Å². The van der Waals surface area contributed by atoms with Crippen molar-refractivity contribution in [2.45, 2.75) is 114 Å². The Hall–Kier alpha value is -3.07. The van der Waals surface area contributed by atoms with Gasteiger partial charge >= 0.3 is 12.1 Å². The van der Waals surface area contributed by atoms with E-state index in [2.05, 4.69) is 22.9 Å². The molecule has 7 rings (SSSR count). The van der Waals surface area contributed by atoms with Crippen LogP contribution in [0.3, 0.4) is 0 Å². The Bertz CT molecular complexity index is 1380. The minimum absolute atomic E-state index is 0.0255. The highest BCUT2D eigenvalue weighted by molar-refractivity contribution is 5.70. The predicted molar refractivity (Wildman–Crippen MR) is 165 cm³/mol. The van der Waals surface area contributed by atoms with Gasteiger partial charge in [0.05, 0.1) is 17.8 Å². The lowest BCUT2D eigenvalue weighted by Gasteiger charge is -2.45. The fourth-order valence-electron chi connectivity index (χ4n) is 8.52. The van der Waals surface area contributed by atoms with Crippen molar-refractivity contribution >= 4 is 11.9 Å². The number of phenols is 1. The Morgan fingerprint density at radius 1 is 1.07 bits per heavy atom. The average Bonchev–Trinajstić information content (AvgIpc) is 3.49. The first-order valence-corrected chi connectivity index (χ1v) is 16.4. The number of nitrogens with zero attached hydrogens (tertiary/aromatic N) is 5. The molecule has 232 valence electrons.